The van der Waals surface area contributed by atoms with Crippen molar-refractivity contribution in [2.75, 3.05) is 40.4 Å². The lowest BCUT2D eigenvalue weighted by atomic mass is 9.80. The molecule has 2 aliphatic rings. The quantitative estimate of drug-likeness (QED) is 0.532. The van der Waals surface area contributed by atoms with E-state index in [-0.39, 0.29) is 47.0 Å². The van der Waals surface area contributed by atoms with E-state index in [1.807, 2.05) is 38.5 Å². The van der Waals surface area contributed by atoms with Gasteiger partial charge in [0.1, 0.15) is 5.82 Å². The molecule has 0 unspecified atom stereocenters. The molecular formula is C28H42ClFN4O4. The van der Waals surface area contributed by atoms with Gasteiger partial charge in [-0.05, 0) is 90.3 Å². The summed E-state index contributed by atoms with van der Waals surface area (Å²) in [5, 5.41) is 3.21. The van der Waals surface area contributed by atoms with Crippen LogP contribution in [0, 0.1) is 16.6 Å². The van der Waals surface area contributed by atoms with Gasteiger partial charge in [-0.25, -0.2) is 9.37 Å². The minimum Gasteiger partial charge on any atom is -0.469 e. The Morgan fingerprint density at radius 2 is 1.53 bits per heavy atom. The van der Waals surface area contributed by atoms with E-state index in [1.54, 1.807) is 0 Å². The molecule has 1 atom stereocenters. The van der Waals surface area contributed by atoms with Crippen LogP contribution in [-0.4, -0.2) is 66.8 Å². The molecule has 2 aromatic rings. The fourth-order valence-electron chi connectivity index (χ4n) is 5.02. The number of rotatable bonds is 6. The Bertz CT molecular complexity index is 1030. The Hall–Kier alpha value is -2.49. The van der Waals surface area contributed by atoms with Crippen molar-refractivity contribution in [3.63, 3.8) is 0 Å². The number of carbonyl (C=O) groups excluding carboxylic acids is 2. The molecule has 38 heavy (non-hydrogen) atoms. The second kappa shape index (κ2) is 14.1. The molecule has 2 aliphatic heterocycles. The molecule has 1 N–H and O–H groups in total. The summed E-state index contributed by atoms with van der Waals surface area (Å²) in [5.74, 6) is -0.417. The molecule has 0 aliphatic carbocycles. The zero-order chi connectivity index (χ0) is 27.1. The molecule has 0 spiro atoms. The largest absolute Gasteiger partial charge is 0.469 e. The highest BCUT2D eigenvalue weighted by molar-refractivity contribution is 5.85. The van der Waals surface area contributed by atoms with Crippen LogP contribution < -0.4 is 5.32 Å². The number of carbonyl (C=O) groups is 2. The molecule has 4 rings (SSSR count). The average Bonchev–Trinajstić information content (AvgIpc) is 3.38. The summed E-state index contributed by atoms with van der Waals surface area (Å²) in [5.41, 5.74) is 1.54. The minimum absolute atomic E-state index is 0. The number of piperidine rings is 2. The lowest BCUT2D eigenvalue weighted by molar-refractivity contribution is -0.155. The summed E-state index contributed by atoms with van der Waals surface area (Å²) in [6.07, 6.45) is 7.07. The van der Waals surface area contributed by atoms with E-state index >= 15 is 0 Å². The number of aromatic nitrogens is 2. The van der Waals surface area contributed by atoms with Gasteiger partial charge in [0.15, 0.2) is 0 Å². The molecule has 1 aromatic heterocycles. The van der Waals surface area contributed by atoms with Crippen LogP contribution in [0.4, 0.5) is 4.39 Å². The number of imidazole rings is 1. The monoisotopic (exact) mass is 552 g/mol. The van der Waals surface area contributed by atoms with Crippen molar-refractivity contribution >= 4 is 24.3 Å². The first-order valence-electron chi connectivity index (χ1n) is 13.0. The molecular weight excluding hydrogens is 511 g/mol. The molecule has 8 nitrogen and oxygen atoms in total. The van der Waals surface area contributed by atoms with Gasteiger partial charge in [0.25, 0.3) is 0 Å². The van der Waals surface area contributed by atoms with Gasteiger partial charge < -0.3 is 19.4 Å². The third-order valence-electron chi connectivity index (χ3n) is 7.92. The number of methoxy groups -OCH3 is 2. The van der Waals surface area contributed by atoms with E-state index in [1.165, 1.54) is 26.4 Å². The van der Waals surface area contributed by atoms with Crippen molar-refractivity contribution in [2.45, 2.75) is 59.0 Å². The SMILES string of the molecule is COC(=O)C1(C)CCN(Cc2cncn2[C@H](C)c2ccc(F)cc2)CC1.COC(=O)C1(C)CCNCC1.Cl. The van der Waals surface area contributed by atoms with Crippen LogP contribution in [0.15, 0.2) is 36.8 Å². The first-order valence-corrected chi connectivity index (χ1v) is 13.0. The van der Waals surface area contributed by atoms with Crippen LogP contribution in [0.5, 0.6) is 0 Å². The number of benzene rings is 1. The van der Waals surface area contributed by atoms with E-state index < -0.39 is 0 Å². The van der Waals surface area contributed by atoms with Crippen LogP contribution in [-0.2, 0) is 25.6 Å². The normalized spacial score (nSPS) is 19.2. The molecule has 2 fully saturated rings. The van der Waals surface area contributed by atoms with Crippen molar-refractivity contribution in [1.29, 1.82) is 0 Å². The topological polar surface area (TPSA) is 85.7 Å². The summed E-state index contributed by atoms with van der Waals surface area (Å²) in [4.78, 5) is 29.8. The second-order valence-corrected chi connectivity index (χ2v) is 10.7. The summed E-state index contributed by atoms with van der Waals surface area (Å²) in [6.45, 7) is 10.4. The number of nitrogens with one attached hydrogen (secondary N) is 1. The molecule has 2 saturated heterocycles. The smallest absolute Gasteiger partial charge is 0.311 e. The Morgan fingerprint density at radius 3 is 2.05 bits per heavy atom. The van der Waals surface area contributed by atoms with Gasteiger partial charge in [-0.3, -0.25) is 14.5 Å². The van der Waals surface area contributed by atoms with Gasteiger partial charge in [-0.15, -0.1) is 12.4 Å². The number of hydrogen-bond donors (Lipinski definition) is 1. The van der Waals surface area contributed by atoms with Gasteiger partial charge in [0.05, 0.1) is 43.1 Å². The fourth-order valence-corrected chi connectivity index (χ4v) is 5.02. The maximum Gasteiger partial charge on any atom is 0.311 e. The Labute approximate surface area is 231 Å². The first-order chi connectivity index (χ1) is 17.6. The number of nitrogens with zero attached hydrogens (tertiary/aromatic N) is 3. The number of halogens is 2. The average molecular weight is 553 g/mol. The predicted octanol–water partition coefficient (Wildman–Crippen LogP) is 4.38. The summed E-state index contributed by atoms with van der Waals surface area (Å²) < 4.78 is 25.0. The number of likely N-dealkylation sites (tertiary alicyclic amines) is 1. The predicted molar refractivity (Wildman–Crippen MR) is 147 cm³/mol. The molecule has 0 radical (unpaired) electrons. The van der Waals surface area contributed by atoms with Crippen molar-refractivity contribution in [3.05, 3.63) is 53.9 Å². The standard InChI is InChI=1S/C20H26FN3O2.C8H15NO2.ClH/c1-15(16-4-6-17(21)7-5-16)24-14-22-12-18(24)13-23-10-8-20(2,9-11-23)19(25)26-3;1-8(7(10)11-2)3-5-9-6-4-8;/h4-7,12,14-15H,8-11,13H2,1-3H3;9H,3-6H2,1-2H3;1H/t15-;;/m1../s1. The lowest BCUT2D eigenvalue weighted by Gasteiger charge is -2.37. The van der Waals surface area contributed by atoms with Crippen LogP contribution in [0.1, 0.15) is 63.8 Å². The fraction of sp³-hybridized carbons (Fsp3) is 0.607. The number of ether oxygens (including phenoxy) is 2. The van der Waals surface area contributed by atoms with Gasteiger partial charge in [0, 0.05) is 12.7 Å². The summed E-state index contributed by atoms with van der Waals surface area (Å²) in [7, 11) is 2.91. The van der Waals surface area contributed by atoms with Gasteiger partial charge in [0.2, 0.25) is 0 Å². The molecule has 3 heterocycles. The Kier molecular flexibility index (Phi) is 11.7. The van der Waals surface area contributed by atoms with Gasteiger partial charge in [-0.1, -0.05) is 12.1 Å². The van der Waals surface area contributed by atoms with E-state index in [4.69, 9.17) is 9.47 Å². The highest BCUT2D eigenvalue weighted by Crippen LogP contribution is 2.33. The van der Waals surface area contributed by atoms with Crippen molar-refractivity contribution < 1.29 is 23.5 Å². The molecule has 0 saturated carbocycles. The maximum absolute atomic E-state index is 13.2. The Morgan fingerprint density at radius 1 is 1.00 bits per heavy atom. The lowest BCUT2D eigenvalue weighted by Crippen LogP contribution is -2.43. The van der Waals surface area contributed by atoms with E-state index in [0.29, 0.717) is 0 Å². The van der Waals surface area contributed by atoms with E-state index in [0.717, 1.165) is 69.7 Å². The van der Waals surface area contributed by atoms with Gasteiger partial charge in [-0.2, -0.15) is 0 Å². The van der Waals surface area contributed by atoms with Crippen molar-refractivity contribution in [1.82, 2.24) is 19.8 Å². The van der Waals surface area contributed by atoms with E-state index in [9.17, 15) is 14.0 Å². The zero-order valence-electron chi connectivity index (χ0n) is 23.2. The van der Waals surface area contributed by atoms with Gasteiger partial charge >= 0.3 is 11.9 Å². The third kappa shape index (κ3) is 7.77. The molecule has 212 valence electrons. The van der Waals surface area contributed by atoms with Crippen LogP contribution in [0.25, 0.3) is 0 Å². The summed E-state index contributed by atoms with van der Waals surface area (Å²) in [6, 6.07) is 6.68. The van der Waals surface area contributed by atoms with Crippen LogP contribution in [0.2, 0.25) is 0 Å². The minimum atomic E-state index is -0.382. The van der Waals surface area contributed by atoms with Crippen LogP contribution >= 0.6 is 12.4 Å². The Balaban J connectivity index is 0.000000356. The highest BCUT2D eigenvalue weighted by atomic mass is 35.5. The molecule has 0 bridgehead atoms. The van der Waals surface area contributed by atoms with Crippen molar-refractivity contribution in [3.8, 4) is 0 Å². The van der Waals surface area contributed by atoms with E-state index in [2.05, 4.69) is 26.7 Å². The number of hydrogen-bond acceptors (Lipinski definition) is 7. The number of esters is 2. The highest BCUT2D eigenvalue weighted by Gasteiger charge is 2.38. The summed E-state index contributed by atoms with van der Waals surface area (Å²) >= 11 is 0. The van der Waals surface area contributed by atoms with Crippen molar-refractivity contribution in [2.24, 2.45) is 10.8 Å². The maximum atomic E-state index is 13.2. The van der Waals surface area contributed by atoms with Crippen LogP contribution in [0.3, 0.4) is 0 Å². The zero-order valence-corrected chi connectivity index (χ0v) is 24.0. The molecule has 1 aromatic carbocycles. The first kappa shape index (κ1) is 31.7. The molecule has 0 amide bonds. The third-order valence-corrected chi connectivity index (χ3v) is 7.92. The molecule has 10 heteroatoms. The second-order valence-electron chi connectivity index (χ2n) is 10.7.